The zero-order chi connectivity index (χ0) is 21.0. The van der Waals surface area contributed by atoms with E-state index >= 15 is 0 Å². The number of rotatable bonds is 3. The van der Waals surface area contributed by atoms with E-state index in [1.165, 1.54) is 16.8 Å². The Kier molecular flexibility index (Phi) is 5.08. The van der Waals surface area contributed by atoms with E-state index < -0.39 is 0 Å². The number of halogens is 1. The number of benzene rings is 2. The van der Waals surface area contributed by atoms with Crippen molar-refractivity contribution in [3.63, 3.8) is 0 Å². The molecule has 156 valence electrons. The van der Waals surface area contributed by atoms with Crippen LogP contribution in [0, 0.1) is 19.8 Å². The number of hydrogen-bond donors (Lipinski definition) is 1. The molecule has 3 aromatic rings. The van der Waals surface area contributed by atoms with Gasteiger partial charge in [0.1, 0.15) is 5.82 Å². The number of aromatic amines is 1. The number of imidazole rings is 1. The van der Waals surface area contributed by atoms with Crippen LogP contribution in [-0.4, -0.2) is 31.9 Å². The molecule has 4 nitrogen and oxygen atoms in total. The van der Waals surface area contributed by atoms with Crippen LogP contribution >= 0.6 is 23.4 Å². The topological polar surface area (TPSA) is 35.2 Å². The highest BCUT2D eigenvalue weighted by Crippen LogP contribution is 2.45. The summed E-state index contributed by atoms with van der Waals surface area (Å²) in [7, 11) is 0. The van der Waals surface area contributed by atoms with Crippen LogP contribution in [0.1, 0.15) is 48.8 Å². The van der Waals surface area contributed by atoms with Gasteiger partial charge >= 0.3 is 0 Å². The van der Waals surface area contributed by atoms with Gasteiger partial charge in [-0.1, -0.05) is 48.4 Å². The molecule has 0 aliphatic carbocycles. The van der Waals surface area contributed by atoms with Crippen LogP contribution in [0.2, 0.25) is 5.02 Å². The summed E-state index contributed by atoms with van der Waals surface area (Å²) in [6.45, 7) is 9.85. The summed E-state index contributed by atoms with van der Waals surface area (Å²) in [4.78, 5) is 8.62. The first-order chi connectivity index (χ1) is 14.4. The van der Waals surface area contributed by atoms with Gasteiger partial charge in [-0.2, -0.15) is 0 Å². The van der Waals surface area contributed by atoms with E-state index in [0.29, 0.717) is 11.3 Å². The Balaban J connectivity index is 1.54. The lowest BCUT2D eigenvalue weighted by atomic mass is 10.0. The second kappa shape index (κ2) is 7.63. The zero-order valence-corrected chi connectivity index (χ0v) is 19.4. The van der Waals surface area contributed by atoms with Crippen LogP contribution in [-0.2, 0) is 0 Å². The Morgan fingerprint density at radius 2 is 1.90 bits per heavy atom. The van der Waals surface area contributed by atoms with E-state index in [2.05, 4.69) is 72.4 Å². The molecule has 5 rings (SSSR count). The first-order valence-corrected chi connectivity index (χ1v) is 11.9. The molecular formula is C24H27ClN4S. The average molecular weight is 439 g/mol. The first-order valence-electron chi connectivity index (χ1n) is 10.6. The quantitative estimate of drug-likeness (QED) is 0.504. The summed E-state index contributed by atoms with van der Waals surface area (Å²) in [6.07, 6.45) is 1.15. The number of fused-ring (bicyclic) bond motifs is 1. The van der Waals surface area contributed by atoms with Crippen molar-refractivity contribution in [3.8, 4) is 0 Å². The van der Waals surface area contributed by atoms with Crippen LogP contribution in [0.5, 0.6) is 0 Å². The van der Waals surface area contributed by atoms with Crippen molar-refractivity contribution in [2.24, 2.45) is 5.92 Å². The Labute approximate surface area is 187 Å². The highest BCUT2D eigenvalue weighted by atomic mass is 35.5. The Hall–Kier alpha value is -1.95. The fourth-order valence-electron chi connectivity index (χ4n) is 4.73. The molecule has 0 bridgehead atoms. The first kappa shape index (κ1) is 20.0. The van der Waals surface area contributed by atoms with E-state index in [1.54, 1.807) is 0 Å². The monoisotopic (exact) mass is 438 g/mol. The molecule has 1 N–H and O–H groups in total. The minimum absolute atomic E-state index is 0.213. The summed E-state index contributed by atoms with van der Waals surface area (Å²) in [5, 5.41) is 8.42. The summed E-state index contributed by atoms with van der Waals surface area (Å²) in [5.74, 6) is 1.55. The summed E-state index contributed by atoms with van der Waals surface area (Å²) in [5.41, 5.74) is 6.99. The lowest BCUT2D eigenvalue weighted by Gasteiger charge is -2.39. The van der Waals surface area contributed by atoms with Gasteiger partial charge in [0, 0.05) is 11.6 Å². The third-order valence-electron chi connectivity index (χ3n) is 6.31. The van der Waals surface area contributed by atoms with Crippen molar-refractivity contribution in [2.45, 2.75) is 45.5 Å². The summed E-state index contributed by atoms with van der Waals surface area (Å²) in [6, 6.07) is 13.0. The Morgan fingerprint density at radius 3 is 2.67 bits per heavy atom. The van der Waals surface area contributed by atoms with Crippen LogP contribution in [0.25, 0.3) is 16.7 Å². The standard InChI is InChI=1S/C24H27ClN4S/c1-14-5-7-18(8-6-14)21-13-30-17(4)29(21)28-10-9-15(2)23(28)24-26-20-12-19(25)11-16(3)22(20)27-24/h5-8,11-13,15,17,23H,9-10H2,1-4H3,(H,26,27)/t15-,17?,23-/m0/s1. The molecule has 0 saturated carbocycles. The maximum Gasteiger partial charge on any atom is 0.126 e. The van der Waals surface area contributed by atoms with Gasteiger partial charge in [-0.15, -0.1) is 11.8 Å². The lowest BCUT2D eigenvalue weighted by Crippen LogP contribution is -2.43. The summed E-state index contributed by atoms with van der Waals surface area (Å²) < 4.78 is 0. The third-order valence-corrected chi connectivity index (χ3v) is 7.48. The van der Waals surface area contributed by atoms with Crippen LogP contribution in [0.15, 0.2) is 41.8 Å². The summed E-state index contributed by atoms with van der Waals surface area (Å²) >= 11 is 8.18. The lowest BCUT2D eigenvalue weighted by molar-refractivity contribution is 0.00546. The normalized spacial score (nSPS) is 24.8. The van der Waals surface area contributed by atoms with Crippen molar-refractivity contribution in [1.29, 1.82) is 0 Å². The predicted molar refractivity (Wildman–Crippen MR) is 127 cm³/mol. The highest BCUT2D eigenvalue weighted by Gasteiger charge is 2.42. The predicted octanol–water partition coefficient (Wildman–Crippen LogP) is 6.52. The van der Waals surface area contributed by atoms with Gasteiger partial charge in [-0.3, -0.25) is 5.01 Å². The molecule has 1 unspecified atom stereocenters. The highest BCUT2D eigenvalue weighted by molar-refractivity contribution is 8.03. The van der Waals surface area contributed by atoms with E-state index in [9.17, 15) is 0 Å². The van der Waals surface area contributed by atoms with E-state index in [-0.39, 0.29) is 6.04 Å². The second-order valence-corrected chi connectivity index (χ2v) is 10.2. The minimum atomic E-state index is 0.213. The van der Waals surface area contributed by atoms with Crippen molar-refractivity contribution >= 4 is 40.1 Å². The molecule has 0 radical (unpaired) electrons. The van der Waals surface area contributed by atoms with Crippen molar-refractivity contribution in [3.05, 3.63) is 69.3 Å². The van der Waals surface area contributed by atoms with Gasteiger partial charge < -0.3 is 4.98 Å². The molecule has 1 fully saturated rings. The maximum atomic E-state index is 6.29. The van der Waals surface area contributed by atoms with E-state index in [1.807, 2.05) is 23.9 Å². The molecule has 3 heterocycles. The average Bonchev–Trinajstić information content (AvgIpc) is 3.39. The number of aromatic nitrogens is 2. The number of nitrogens with one attached hydrogen (secondary N) is 1. The maximum absolute atomic E-state index is 6.29. The van der Waals surface area contributed by atoms with Crippen LogP contribution in [0.3, 0.4) is 0 Å². The van der Waals surface area contributed by atoms with Crippen molar-refractivity contribution in [2.75, 3.05) is 6.54 Å². The molecule has 1 saturated heterocycles. The molecule has 6 heteroatoms. The number of aryl methyl sites for hydroxylation is 2. The van der Waals surface area contributed by atoms with Gasteiger partial charge in [-0.25, -0.2) is 9.99 Å². The van der Waals surface area contributed by atoms with Crippen molar-refractivity contribution < 1.29 is 0 Å². The fraction of sp³-hybridized carbons (Fsp3) is 0.375. The van der Waals surface area contributed by atoms with Crippen LogP contribution < -0.4 is 0 Å². The SMILES string of the molecule is Cc1ccc(C2=CSC(C)N2N2CC[C@H](C)[C@H]2c2nc3c(C)cc(Cl)cc3[nH]2)cc1. The van der Waals surface area contributed by atoms with Gasteiger partial charge in [0.15, 0.2) is 0 Å². The molecule has 0 spiro atoms. The number of hydrazine groups is 1. The Bertz CT molecular complexity index is 1120. The van der Waals surface area contributed by atoms with E-state index in [4.69, 9.17) is 16.6 Å². The molecule has 30 heavy (non-hydrogen) atoms. The van der Waals surface area contributed by atoms with Gasteiger partial charge in [0.25, 0.3) is 0 Å². The minimum Gasteiger partial charge on any atom is -0.341 e. The smallest absolute Gasteiger partial charge is 0.126 e. The number of thioether (sulfide) groups is 1. The number of H-pyrrole nitrogens is 1. The molecule has 0 amide bonds. The molecule has 2 aromatic carbocycles. The fourth-order valence-corrected chi connectivity index (χ4v) is 5.92. The third kappa shape index (κ3) is 3.33. The van der Waals surface area contributed by atoms with Crippen molar-refractivity contribution in [1.82, 2.24) is 20.0 Å². The van der Waals surface area contributed by atoms with Gasteiger partial charge in [0.05, 0.1) is 28.1 Å². The van der Waals surface area contributed by atoms with E-state index in [0.717, 1.165) is 40.4 Å². The van der Waals surface area contributed by atoms with Crippen LogP contribution in [0.4, 0.5) is 0 Å². The Morgan fingerprint density at radius 1 is 1.13 bits per heavy atom. The number of nitrogens with zero attached hydrogens (tertiary/aromatic N) is 3. The molecule has 1 aromatic heterocycles. The largest absolute Gasteiger partial charge is 0.341 e. The van der Waals surface area contributed by atoms with Gasteiger partial charge in [-0.05, 0) is 61.8 Å². The second-order valence-electron chi connectivity index (χ2n) is 8.56. The molecule has 2 aliphatic heterocycles. The molecule has 3 atom stereocenters. The number of hydrogen-bond acceptors (Lipinski definition) is 4. The van der Waals surface area contributed by atoms with Gasteiger partial charge in [0.2, 0.25) is 0 Å². The molecular weight excluding hydrogens is 412 g/mol. The molecule has 2 aliphatic rings. The zero-order valence-electron chi connectivity index (χ0n) is 17.8.